The molecule has 2 aromatic heterocycles. The molecule has 7 nitrogen and oxygen atoms in total. The van der Waals surface area contributed by atoms with Gasteiger partial charge in [-0.25, -0.2) is 9.97 Å². The van der Waals surface area contributed by atoms with Crippen molar-refractivity contribution >= 4 is 39.2 Å². The van der Waals surface area contributed by atoms with Crippen LogP contribution in [0.3, 0.4) is 0 Å². The molecular weight excluding hydrogens is 316 g/mol. The van der Waals surface area contributed by atoms with E-state index in [4.69, 9.17) is 0 Å². The molecule has 0 spiro atoms. The van der Waals surface area contributed by atoms with E-state index in [0.717, 1.165) is 16.0 Å². The van der Waals surface area contributed by atoms with Crippen LogP contribution in [0.5, 0.6) is 0 Å². The van der Waals surface area contributed by atoms with Crippen molar-refractivity contribution in [2.24, 2.45) is 5.41 Å². The normalized spacial score (nSPS) is 19.8. The number of carboxylic acids is 1. The van der Waals surface area contributed by atoms with Crippen molar-refractivity contribution in [3.05, 3.63) is 17.8 Å². The minimum Gasteiger partial charge on any atom is -0.480 e. The molecule has 120 valence electrons. The highest BCUT2D eigenvalue weighted by Gasteiger charge is 2.58. The number of carbonyl (C=O) groups excluding carboxylic acids is 1. The minimum absolute atomic E-state index is 0.229. The maximum absolute atomic E-state index is 12.4. The Bertz CT molecular complexity index is 778. The fourth-order valence-electron chi connectivity index (χ4n) is 3.10. The van der Waals surface area contributed by atoms with Crippen molar-refractivity contribution in [1.29, 1.82) is 0 Å². The number of anilines is 1. The molecule has 0 radical (unpaired) electrons. The third-order valence-electron chi connectivity index (χ3n) is 4.68. The zero-order valence-corrected chi connectivity index (χ0v) is 13.3. The first-order valence-electron chi connectivity index (χ1n) is 7.58. The summed E-state index contributed by atoms with van der Waals surface area (Å²) < 4.78 is 0. The standard InChI is InChI=1S/C15H16N4O3S/c20-13(15(2-3-15)14(21)22)19-6-4-18(5-7-19)11-10-1-8-23-12(10)17-9-16-11/h1,8-9H,2-7H2,(H,21,22). The van der Waals surface area contributed by atoms with E-state index in [2.05, 4.69) is 14.9 Å². The van der Waals surface area contributed by atoms with Crippen molar-refractivity contribution in [2.45, 2.75) is 12.8 Å². The Hall–Kier alpha value is -2.22. The molecule has 1 aliphatic carbocycles. The van der Waals surface area contributed by atoms with Crippen molar-refractivity contribution < 1.29 is 14.7 Å². The first-order valence-corrected chi connectivity index (χ1v) is 8.46. The first kappa shape index (κ1) is 14.4. The highest BCUT2D eigenvalue weighted by molar-refractivity contribution is 7.16. The Kier molecular flexibility index (Phi) is 3.22. The van der Waals surface area contributed by atoms with Gasteiger partial charge in [0.1, 0.15) is 22.4 Å². The molecule has 2 aromatic rings. The smallest absolute Gasteiger partial charge is 0.319 e. The lowest BCUT2D eigenvalue weighted by Gasteiger charge is -2.36. The summed E-state index contributed by atoms with van der Waals surface area (Å²) in [6, 6.07) is 2.01. The van der Waals surface area contributed by atoms with E-state index in [9.17, 15) is 14.7 Å². The van der Waals surface area contributed by atoms with Gasteiger partial charge in [0.25, 0.3) is 0 Å². The molecule has 0 atom stereocenters. The quantitative estimate of drug-likeness (QED) is 0.850. The molecule has 3 heterocycles. The Morgan fingerprint density at radius 1 is 1.17 bits per heavy atom. The SMILES string of the molecule is O=C(O)C1(C(=O)N2CCN(c3ncnc4sccc34)CC2)CC1. The van der Waals surface area contributed by atoms with Crippen LogP contribution in [-0.4, -0.2) is 58.0 Å². The van der Waals surface area contributed by atoms with Crippen LogP contribution in [0.25, 0.3) is 10.2 Å². The average Bonchev–Trinajstić information content (AvgIpc) is 3.25. The number of fused-ring (bicyclic) bond motifs is 1. The lowest BCUT2D eigenvalue weighted by Crippen LogP contribution is -2.52. The summed E-state index contributed by atoms with van der Waals surface area (Å²) in [5.74, 6) is -0.323. The van der Waals surface area contributed by atoms with E-state index in [1.807, 2.05) is 11.4 Å². The van der Waals surface area contributed by atoms with Gasteiger partial charge < -0.3 is 14.9 Å². The van der Waals surface area contributed by atoms with Gasteiger partial charge in [-0.3, -0.25) is 9.59 Å². The van der Waals surface area contributed by atoms with E-state index < -0.39 is 11.4 Å². The molecule has 0 bridgehead atoms. The molecule has 0 unspecified atom stereocenters. The molecule has 2 fully saturated rings. The predicted octanol–water partition coefficient (Wildman–Crippen LogP) is 1.20. The second kappa shape index (κ2) is 5.16. The molecule has 1 N–H and O–H groups in total. The molecule has 2 aliphatic rings. The van der Waals surface area contributed by atoms with Crippen LogP contribution in [0.1, 0.15) is 12.8 Å². The molecule has 1 aliphatic heterocycles. The largest absolute Gasteiger partial charge is 0.480 e. The highest BCUT2D eigenvalue weighted by atomic mass is 32.1. The number of aromatic nitrogens is 2. The molecule has 8 heteroatoms. The number of thiophene rings is 1. The summed E-state index contributed by atoms with van der Waals surface area (Å²) >= 11 is 1.58. The van der Waals surface area contributed by atoms with Gasteiger partial charge >= 0.3 is 5.97 Å². The van der Waals surface area contributed by atoms with Gasteiger partial charge in [-0.15, -0.1) is 11.3 Å². The fraction of sp³-hybridized carbons (Fsp3) is 0.467. The van der Waals surface area contributed by atoms with Crippen LogP contribution in [-0.2, 0) is 9.59 Å². The summed E-state index contributed by atoms with van der Waals surface area (Å²) in [5, 5.41) is 12.3. The molecule has 1 saturated carbocycles. The number of carbonyl (C=O) groups is 2. The summed E-state index contributed by atoms with van der Waals surface area (Å²) in [6.45, 7) is 2.37. The number of amides is 1. The maximum Gasteiger partial charge on any atom is 0.319 e. The molecule has 23 heavy (non-hydrogen) atoms. The molecule has 1 saturated heterocycles. The number of carboxylic acid groups (broad SMARTS) is 1. The van der Waals surface area contributed by atoms with Crippen LogP contribution in [0.2, 0.25) is 0 Å². The summed E-state index contributed by atoms with van der Waals surface area (Å²) in [7, 11) is 0. The van der Waals surface area contributed by atoms with E-state index >= 15 is 0 Å². The van der Waals surface area contributed by atoms with Gasteiger partial charge in [-0.05, 0) is 24.3 Å². The number of hydrogen-bond donors (Lipinski definition) is 1. The third-order valence-corrected chi connectivity index (χ3v) is 5.50. The van der Waals surface area contributed by atoms with Gasteiger partial charge in [0, 0.05) is 26.2 Å². The van der Waals surface area contributed by atoms with E-state index in [1.165, 1.54) is 0 Å². The zero-order chi connectivity index (χ0) is 16.0. The fourth-order valence-corrected chi connectivity index (χ4v) is 3.82. The number of aliphatic carboxylic acids is 1. The van der Waals surface area contributed by atoms with Crippen LogP contribution in [0, 0.1) is 5.41 Å². The average molecular weight is 332 g/mol. The topological polar surface area (TPSA) is 86.6 Å². The Balaban J connectivity index is 1.48. The zero-order valence-electron chi connectivity index (χ0n) is 12.4. The molecule has 0 aromatic carbocycles. The second-order valence-corrected chi connectivity index (χ2v) is 6.90. The monoisotopic (exact) mass is 332 g/mol. The Morgan fingerprint density at radius 2 is 1.91 bits per heavy atom. The van der Waals surface area contributed by atoms with Gasteiger partial charge in [0.05, 0.1) is 5.39 Å². The first-order chi connectivity index (χ1) is 11.1. The van der Waals surface area contributed by atoms with Crippen LogP contribution in [0.4, 0.5) is 5.82 Å². The van der Waals surface area contributed by atoms with Crippen LogP contribution < -0.4 is 4.90 Å². The van der Waals surface area contributed by atoms with Crippen molar-refractivity contribution in [1.82, 2.24) is 14.9 Å². The van der Waals surface area contributed by atoms with Crippen molar-refractivity contribution in [2.75, 3.05) is 31.1 Å². The number of hydrogen-bond acceptors (Lipinski definition) is 6. The highest BCUT2D eigenvalue weighted by Crippen LogP contribution is 2.47. The van der Waals surface area contributed by atoms with Gasteiger partial charge in [-0.1, -0.05) is 0 Å². The summed E-state index contributed by atoms with van der Waals surface area (Å²) in [5.41, 5.74) is -1.14. The molecular formula is C15H16N4O3S. The lowest BCUT2D eigenvalue weighted by atomic mass is 10.1. The summed E-state index contributed by atoms with van der Waals surface area (Å²) in [4.78, 5) is 37.2. The molecule has 1 amide bonds. The van der Waals surface area contributed by atoms with Crippen molar-refractivity contribution in [3.63, 3.8) is 0 Å². The number of piperazine rings is 1. The minimum atomic E-state index is -1.14. The van der Waals surface area contributed by atoms with Gasteiger partial charge in [0.15, 0.2) is 0 Å². The number of nitrogens with zero attached hydrogens (tertiary/aromatic N) is 4. The van der Waals surface area contributed by atoms with Crippen LogP contribution in [0.15, 0.2) is 17.8 Å². The summed E-state index contributed by atoms with van der Waals surface area (Å²) in [6.07, 6.45) is 2.49. The Labute approximate surface area is 136 Å². The predicted molar refractivity (Wildman–Crippen MR) is 85.5 cm³/mol. The van der Waals surface area contributed by atoms with Gasteiger partial charge in [-0.2, -0.15) is 0 Å². The maximum atomic E-state index is 12.4. The lowest BCUT2D eigenvalue weighted by molar-refractivity contribution is -0.153. The van der Waals surface area contributed by atoms with E-state index in [1.54, 1.807) is 22.6 Å². The third kappa shape index (κ3) is 2.24. The van der Waals surface area contributed by atoms with E-state index in [-0.39, 0.29) is 5.91 Å². The van der Waals surface area contributed by atoms with E-state index in [0.29, 0.717) is 39.0 Å². The van der Waals surface area contributed by atoms with Crippen molar-refractivity contribution in [3.8, 4) is 0 Å². The van der Waals surface area contributed by atoms with Crippen LogP contribution >= 0.6 is 11.3 Å². The van der Waals surface area contributed by atoms with Gasteiger partial charge in [0.2, 0.25) is 5.91 Å². The second-order valence-electron chi connectivity index (χ2n) is 6.00. The molecule has 4 rings (SSSR count). The Morgan fingerprint density at radius 3 is 2.57 bits per heavy atom. The number of rotatable bonds is 3.